The molecular weight excluding hydrogens is 386 g/mol. The number of aromatic amines is 1. The molecule has 154 valence electrons. The molecule has 2 amide bonds. The number of rotatable bonds is 6. The van der Waals surface area contributed by atoms with Crippen molar-refractivity contribution in [1.29, 1.82) is 0 Å². The predicted octanol–water partition coefficient (Wildman–Crippen LogP) is 2.48. The van der Waals surface area contributed by atoms with Crippen molar-refractivity contribution in [3.63, 3.8) is 0 Å². The molecule has 2 heterocycles. The lowest BCUT2D eigenvalue weighted by atomic mass is 10.1. The molecule has 1 unspecified atom stereocenters. The molecule has 1 aliphatic rings. The van der Waals surface area contributed by atoms with Crippen LogP contribution in [0.15, 0.2) is 48.5 Å². The van der Waals surface area contributed by atoms with Crippen LogP contribution in [0.1, 0.15) is 6.42 Å². The maximum absolute atomic E-state index is 12.7. The Morgan fingerprint density at radius 1 is 1.13 bits per heavy atom. The topological polar surface area (TPSA) is 109 Å². The molecule has 2 N–H and O–H groups in total. The number of ether oxygens (including phenoxy) is 2. The van der Waals surface area contributed by atoms with Gasteiger partial charge in [-0.25, -0.2) is 0 Å². The molecule has 2 aromatic carbocycles. The summed E-state index contributed by atoms with van der Waals surface area (Å²) in [6.07, 6.45) is 0.127. The van der Waals surface area contributed by atoms with Crippen molar-refractivity contribution in [3.05, 3.63) is 48.5 Å². The number of nitrogens with one attached hydrogen (secondary N) is 2. The van der Waals surface area contributed by atoms with Crippen molar-refractivity contribution in [1.82, 2.24) is 15.2 Å². The minimum atomic E-state index is -0.493. The van der Waals surface area contributed by atoms with Crippen molar-refractivity contribution < 1.29 is 19.1 Å². The number of aromatic nitrogens is 3. The van der Waals surface area contributed by atoms with Gasteiger partial charge in [0, 0.05) is 18.7 Å². The first-order chi connectivity index (χ1) is 14.6. The molecule has 9 nitrogen and oxygen atoms in total. The van der Waals surface area contributed by atoms with E-state index < -0.39 is 5.92 Å². The third-order valence-electron chi connectivity index (χ3n) is 4.96. The van der Waals surface area contributed by atoms with Gasteiger partial charge in [0.25, 0.3) is 0 Å². The number of benzene rings is 2. The van der Waals surface area contributed by atoms with Gasteiger partial charge >= 0.3 is 0 Å². The highest BCUT2D eigenvalue weighted by Gasteiger charge is 2.35. The summed E-state index contributed by atoms with van der Waals surface area (Å²) in [6.45, 7) is 0.292. The van der Waals surface area contributed by atoms with E-state index in [-0.39, 0.29) is 24.2 Å². The Bertz CT molecular complexity index is 1060. The fourth-order valence-electron chi connectivity index (χ4n) is 3.39. The number of hydrogen-bond donors (Lipinski definition) is 2. The number of carbonyl (C=O) groups is 2. The second-order valence-electron chi connectivity index (χ2n) is 6.80. The zero-order valence-electron chi connectivity index (χ0n) is 16.6. The molecule has 1 atom stereocenters. The number of H-pyrrole nitrogens is 1. The van der Waals surface area contributed by atoms with Crippen LogP contribution in [0.5, 0.6) is 11.5 Å². The van der Waals surface area contributed by atoms with E-state index in [1.165, 1.54) is 0 Å². The molecule has 1 saturated heterocycles. The molecule has 0 saturated carbocycles. The van der Waals surface area contributed by atoms with Crippen molar-refractivity contribution in [3.8, 4) is 22.9 Å². The van der Waals surface area contributed by atoms with E-state index in [4.69, 9.17) is 9.47 Å². The largest absolute Gasteiger partial charge is 0.497 e. The highest BCUT2D eigenvalue weighted by atomic mass is 16.5. The Kier molecular flexibility index (Phi) is 5.34. The lowest BCUT2D eigenvalue weighted by Crippen LogP contribution is -2.28. The highest BCUT2D eigenvalue weighted by Crippen LogP contribution is 2.29. The number of anilines is 2. The van der Waals surface area contributed by atoms with Gasteiger partial charge in [0.05, 0.1) is 25.7 Å². The molecule has 0 spiro atoms. The van der Waals surface area contributed by atoms with E-state index in [9.17, 15) is 9.59 Å². The van der Waals surface area contributed by atoms with Crippen LogP contribution in [0.3, 0.4) is 0 Å². The lowest BCUT2D eigenvalue weighted by molar-refractivity contribution is -0.122. The van der Waals surface area contributed by atoms with Gasteiger partial charge in [-0.3, -0.25) is 20.0 Å². The van der Waals surface area contributed by atoms with Crippen LogP contribution >= 0.6 is 0 Å². The maximum atomic E-state index is 12.7. The minimum Gasteiger partial charge on any atom is -0.497 e. The normalized spacial score (nSPS) is 15.9. The van der Waals surface area contributed by atoms with Crippen LogP contribution in [0, 0.1) is 5.92 Å². The van der Waals surface area contributed by atoms with E-state index in [0.29, 0.717) is 23.9 Å². The Labute approximate surface area is 173 Å². The quantitative estimate of drug-likeness (QED) is 0.650. The second-order valence-corrected chi connectivity index (χ2v) is 6.80. The first-order valence-electron chi connectivity index (χ1n) is 9.40. The summed E-state index contributed by atoms with van der Waals surface area (Å²) in [6, 6.07) is 14.5. The number of amides is 2. The Morgan fingerprint density at radius 2 is 1.90 bits per heavy atom. The van der Waals surface area contributed by atoms with Gasteiger partial charge in [-0.05, 0) is 36.4 Å². The molecule has 0 aliphatic carbocycles. The minimum absolute atomic E-state index is 0.106. The van der Waals surface area contributed by atoms with Crippen molar-refractivity contribution in [2.24, 2.45) is 5.92 Å². The highest BCUT2D eigenvalue weighted by molar-refractivity contribution is 6.03. The molecule has 1 aromatic heterocycles. The summed E-state index contributed by atoms with van der Waals surface area (Å²) in [4.78, 5) is 31.0. The Morgan fingerprint density at radius 3 is 2.63 bits per heavy atom. The van der Waals surface area contributed by atoms with Crippen LogP contribution < -0.4 is 19.7 Å². The van der Waals surface area contributed by atoms with Crippen molar-refractivity contribution in [2.75, 3.05) is 31.0 Å². The number of carbonyl (C=O) groups excluding carboxylic acids is 2. The third kappa shape index (κ3) is 3.82. The van der Waals surface area contributed by atoms with Crippen LogP contribution in [-0.4, -0.2) is 47.8 Å². The Balaban J connectivity index is 1.43. The molecule has 1 aliphatic heterocycles. The average molecular weight is 407 g/mol. The molecule has 0 radical (unpaired) electrons. The average Bonchev–Trinajstić information content (AvgIpc) is 3.40. The summed E-state index contributed by atoms with van der Waals surface area (Å²) < 4.78 is 10.5. The molecule has 30 heavy (non-hydrogen) atoms. The van der Waals surface area contributed by atoms with Crippen molar-refractivity contribution in [2.45, 2.75) is 6.42 Å². The SMILES string of the molecule is COc1ccc(N2CC(C(=O)Nc3n[nH]c(-c4ccccc4OC)n3)CC2=O)cc1. The van der Waals surface area contributed by atoms with Gasteiger partial charge in [0.1, 0.15) is 11.5 Å². The Hall–Kier alpha value is -3.88. The second kappa shape index (κ2) is 8.24. The van der Waals surface area contributed by atoms with Crippen molar-refractivity contribution >= 4 is 23.5 Å². The third-order valence-corrected chi connectivity index (χ3v) is 4.96. The van der Waals surface area contributed by atoms with Gasteiger partial charge in [-0.15, -0.1) is 5.10 Å². The van der Waals surface area contributed by atoms with E-state index in [0.717, 1.165) is 11.3 Å². The summed E-state index contributed by atoms with van der Waals surface area (Å²) >= 11 is 0. The van der Waals surface area contributed by atoms with Crippen LogP contribution in [-0.2, 0) is 9.59 Å². The molecule has 4 rings (SSSR count). The van der Waals surface area contributed by atoms with E-state index >= 15 is 0 Å². The van der Waals surface area contributed by atoms with E-state index in [2.05, 4.69) is 20.5 Å². The van der Waals surface area contributed by atoms with Gasteiger partial charge in [-0.2, -0.15) is 4.98 Å². The summed E-state index contributed by atoms with van der Waals surface area (Å²) in [5, 5.41) is 9.55. The zero-order valence-corrected chi connectivity index (χ0v) is 16.6. The van der Waals surface area contributed by atoms with Gasteiger partial charge in [0.15, 0.2) is 5.82 Å². The maximum Gasteiger partial charge on any atom is 0.249 e. The van der Waals surface area contributed by atoms with Crippen LogP contribution in [0.25, 0.3) is 11.4 Å². The number of hydrogen-bond acceptors (Lipinski definition) is 6. The number of methoxy groups -OCH3 is 2. The fraction of sp³-hybridized carbons (Fsp3) is 0.238. The van der Waals surface area contributed by atoms with E-state index in [1.807, 2.05) is 24.3 Å². The van der Waals surface area contributed by atoms with E-state index in [1.54, 1.807) is 43.4 Å². The zero-order chi connectivity index (χ0) is 21.1. The van der Waals surface area contributed by atoms with Crippen LogP contribution in [0.4, 0.5) is 11.6 Å². The van der Waals surface area contributed by atoms with Gasteiger partial charge in [-0.1, -0.05) is 12.1 Å². The number of para-hydroxylation sites is 1. The molecule has 3 aromatic rings. The molecule has 1 fully saturated rings. The smallest absolute Gasteiger partial charge is 0.249 e. The van der Waals surface area contributed by atoms with Crippen LogP contribution in [0.2, 0.25) is 0 Å². The first-order valence-corrected chi connectivity index (χ1v) is 9.40. The fourth-order valence-corrected chi connectivity index (χ4v) is 3.39. The number of nitrogens with zero attached hydrogens (tertiary/aromatic N) is 3. The van der Waals surface area contributed by atoms with Gasteiger partial charge < -0.3 is 14.4 Å². The lowest BCUT2D eigenvalue weighted by Gasteiger charge is -2.16. The molecule has 0 bridgehead atoms. The summed E-state index contributed by atoms with van der Waals surface area (Å²) in [5.41, 5.74) is 1.46. The molecule has 9 heteroatoms. The molecular formula is C21H21N5O4. The standard InChI is InChI=1S/C21H21N5O4/c1-29-15-9-7-14(8-10-15)26-12-13(11-18(26)27)20(28)23-21-22-19(24-25-21)16-5-3-4-6-17(16)30-2/h3-10,13H,11-12H2,1-2H3,(H2,22,23,24,25,28). The summed E-state index contributed by atoms with van der Waals surface area (Å²) in [5.74, 6) is 1.07. The predicted molar refractivity (Wildman–Crippen MR) is 110 cm³/mol. The monoisotopic (exact) mass is 407 g/mol. The summed E-state index contributed by atoms with van der Waals surface area (Å²) in [7, 11) is 3.16. The first kappa shape index (κ1) is 19.4. The van der Waals surface area contributed by atoms with Gasteiger partial charge in [0.2, 0.25) is 17.8 Å².